The zero-order valence-electron chi connectivity index (χ0n) is 13.3. The van der Waals surface area contributed by atoms with Crippen molar-refractivity contribution in [1.29, 1.82) is 0 Å². The van der Waals surface area contributed by atoms with E-state index in [0.717, 1.165) is 57.2 Å². The lowest BCUT2D eigenvalue weighted by atomic mass is 9.96. The van der Waals surface area contributed by atoms with Crippen LogP contribution in [0.2, 0.25) is 0 Å². The molecule has 21 heavy (non-hydrogen) atoms. The second-order valence-electron chi connectivity index (χ2n) is 5.41. The molecule has 1 fully saturated rings. The minimum absolute atomic E-state index is 0.353. The molecule has 0 bridgehead atoms. The summed E-state index contributed by atoms with van der Waals surface area (Å²) in [4.78, 5) is 6.29. The summed E-state index contributed by atoms with van der Waals surface area (Å²) in [6.45, 7) is 3.55. The highest BCUT2D eigenvalue weighted by molar-refractivity contribution is 7.88. The summed E-state index contributed by atoms with van der Waals surface area (Å²) in [7, 11) is 0.603. The van der Waals surface area contributed by atoms with Gasteiger partial charge in [-0.1, -0.05) is 0 Å². The molecule has 1 aliphatic rings. The normalized spacial score (nSPS) is 17.8. The minimum atomic E-state index is -3.13. The number of sulfonamides is 1. The van der Waals surface area contributed by atoms with E-state index in [4.69, 9.17) is 4.74 Å². The number of hydrogen-bond donors (Lipinski definition) is 2. The van der Waals surface area contributed by atoms with Gasteiger partial charge in [0, 0.05) is 46.9 Å². The summed E-state index contributed by atoms with van der Waals surface area (Å²) < 4.78 is 29.7. The average molecular weight is 320 g/mol. The van der Waals surface area contributed by atoms with E-state index in [0.29, 0.717) is 13.1 Å². The van der Waals surface area contributed by atoms with Crippen molar-refractivity contribution in [2.75, 3.05) is 53.2 Å². The average Bonchev–Trinajstić information content (AvgIpc) is 2.45. The van der Waals surface area contributed by atoms with Gasteiger partial charge in [0.25, 0.3) is 0 Å². The number of nitrogens with one attached hydrogen (secondary N) is 2. The van der Waals surface area contributed by atoms with Crippen LogP contribution in [0.5, 0.6) is 0 Å². The Morgan fingerprint density at radius 1 is 1.33 bits per heavy atom. The molecule has 0 aliphatic carbocycles. The zero-order valence-corrected chi connectivity index (χ0v) is 14.1. The summed E-state index contributed by atoms with van der Waals surface area (Å²) in [5, 5.41) is 3.15. The van der Waals surface area contributed by atoms with Gasteiger partial charge in [0.15, 0.2) is 5.96 Å². The smallest absolute Gasteiger partial charge is 0.208 e. The predicted molar refractivity (Wildman–Crippen MR) is 85.0 cm³/mol. The van der Waals surface area contributed by atoms with E-state index in [1.165, 1.54) is 0 Å². The lowest BCUT2D eigenvalue weighted by Gasteiger charge is -2.26. The molecule has 1 saturated heterocycles. The van der Waals surface area contributed by atoms with Crippen LogP contribution in [-0.4, -0.2) is 72.5 Å². The molecule has 0 atom stereocenters. The Balaban J connectivity index is 2.24. The maximum atomic E-state index is 11.0. The Morgan fingerprint density at radius 2 is 2.00 bits per heavy atom. The molecule has 1 heterocycles. The van der Waals surface area contributed by atoms with Gasteiger partial charge in [-0.25, -0.2) is 13.1 Å². The van der Waals surface area contributed by atoms with Crippen LogP contribution in [0, 0.1) is 5.92 Å². The van der Waals surface area contributed by atoms with Crippen LogP contribution < -0.4 is 10.0 Å². The summed E-state index contributed by atoms with van der Waals surface area (Å²) in [6.07, 6.45) is 4.56. The first-order valence-electron chi connectivity index (χ1n) is 7.36. The van der Waals surface area contributed by atoms with Gasteiger partial charge < -0.3 is 15.0 Å². The fourth-order valence-corrected chi connectivity index (χ4v) is 2.79. The summed E-state index contributed by atoms with van der Waals surface area (Å²) in [5.74, 6) is 1.52. The van der Waals surface area contributed by atoms with Crippen molar-refractivity contribution in [1.82, 2.24) is 14.9 Å². The van der Waals surface area contributed by atoms with Gasteiger partial charge in [-0.3, -0.25) is 4.99 Å². The van der Waals surface area contributed by atoms with E-state index in [9.17, 15) is 8.42 Å². The molecule has 0 aromatic heterocycles. The third-order valence-electron chi connectivity index (χ3n) is 3.56. The molecule has 124 valence electrons. The van der Waals surface area contributed by atoms with Crippen LogP contribution in [0.4, 0.5) is 0 Å². The number of ether oxygens (including phenoxy) is 1. The maximum Gasteiger partial charge on any atom is 0.208 e. The van der Waals surface area contributed by atoms with E-state index >= 15 is 0 Å². The van der Waals surface area contributed by atoms with Crippen LogP contribution in [0.15, 0.2) is 4.99 Å². The number of hydrogen-bond acceptors (Lipinski definition) is 4. The number of nitrogens with zero attached hydrogens (tertiary/aromatic N) is 2. The van der Waals surface area contributed by atoms with E-state index in [-0.39, 0.29) is 0 Å². The Bertz CT molecular complexity index is 419. The molecule has 8 heteroatoms. The highest BCUT2D eigenvalue weighted by atomic mass is 32.2. The second-order valence-corrected chi connectivity index (χ2v) is 7.24. The fourth-order valence-electron chi connectivity index (χ4n) is 2.31. The van der Waals surface area contributed by atoms with Gasteiger partial charge in [0.1, 0.15) is 0 Å². The van der Waals surface area contributed by atoms with Crippen molar-refractivity contribution in [2.45, 2.75) is 19.3 Å². The summed E-state index contributed by atoms with van der Waals surface area (Å²) >= 11 is 0. The number of guanidine groups is 1. The minimum Gasteiger partial charge on any atom is -0.381 e. The van der Waals surface area contributed by atoms with Gasteiger partial charge in [-0.2, -0.15) is 0 Å². The molecule has 7 nitrogen and oxygen atoms in total. The molecule has 1 rings (SSSR count). The van der Waals surface area contributed by atoms with Crippen LogP contribution in [0.1, 0.15) is 19.3 Å². The van der Waals surface area contributed by atoms with E-state index < -0.39 is 10.0 Å². The van der Waals surface area contributed by atoms with Gasteiger partial charge in [-0.05, 0) is 25.2 Å². The fraction of sp³-hybridized carbons (Fsp3) is 0.923. The first-order valence-corrected chi connectivity index (χ1v) is 9.25. The second kappa shape index (κ2) is 9.22. The molecule has 0 saturated carbocycles. The topological polar surface area (TPSA) is 83.0 Å². The van der Waals surface area contributed by atoms with Gasteiger partial charge in [0.05, 0.1) is 6.26 Å². The van der Waals surface area contributed by atoms with E-state index in [1.54, 1.807) is 7.05 Å². The first kappa shape index (κ1) is 18.2. The molecule has 0 unspecified atom stereocenters. The van der Waals surface area contributed by atoms with Crippen molar-refractivity contribution in [3.05, 3.63) is 0 Å². The lowest BCUT2D eigenvalue weighted by Crippen LogP contribution is -2.43. The summed E-state index contributed by atoms with van der Waals surface area (Å²) in [6, 6.07) is 0. The Labute approximate surface area is 128 Å². The standard InChI is InChI=1S/C13H28N4O3S/c1-14-13(15-7-8-16-21(3,18)19)17(2)9-4-12-5-10-20-11-6-12/h12,16H,4-11H2,1-3H3,(H,14,15). The SMILES string of the molecule is CN=C(NCCNS(C)(=O)=O)N(C)CCC1CCOCC1. The van der Waals surface area contributed by atoms with Crippen molar-refractivity contribution in [2.24, 2.45) is 10.9 Å². The van der Waals surface area contributed by atoms with E-state index in [1.807, 2.05) is 7.05 Å². The zero-order chi connectivity index (χ0) is 15.7. The molecule has 0 spiro atoms. The molecular weight excluding hydrogens is 292 g/mol. The Hall–Kier alpha value is -0.860. The molecule has 2 N–H and O–H groups in total. The van der Waals surface area contributed by atoms with Crippen LogP contribution >= 0.6 is 0 Å². The molecular formula is C13H28N4O3S. The Kier molecular flexibility index (Phi) is 7.98. The molecule has 0 radical (unpaired) electrons. The number of aliphatic imine (C=N–C) groups is 1. The van der Waals surface area contributed by atoms with Crippen LogP contribution in [0.3, 0.4) is 0 Å². The monoisotopic (exact) mass is 320 g/mol. The highest BCUT2D eigenvalue weighted by Crippen LogP contribution is 2.18. The van der Waals surface area contributed by atoms with Crippen LogP contribution in [0.25, 0.3) is 0 Å². The quantitative estimate of drug-likeness (QED) is 0.387. The van der Waals surface area contributed by atoms with Gasteiger partial charge >= 0.3 is 0 Å². The third-order valence-corrected chi connectivity index (χ3v) is 4.29. The maximum absolute atomic E-state index is 11.0. The highest BCUT2D eigenvalue weighted by Gasteiger charge is 2.15. The molecule has 0 aromatic carbocycles. The third kappa shape index (κ3) is 8.23. The Morgan fingerprint density at radius 3 is 2.57 bits per heavy atom. The largest absolute Gasteiger partial charge is 0.381 e. The van der Waals surface area contributed by atoms with Crippen molar-refractivity contribution in [3.8, 4) is 0 Å². The van der Waals surface area contributed by atoms with Crippen molar-refractivity contribution >= 4 is 16.0 Å². The molecule has 0 amide bonds. The van der Waals surface area contributed by atoms with E-state index in [2.05, 4.69) is 19.9 Å². The lowest BCUT2D eigenvalue weighted by molar-refractivity contribution is 0.0625. The predicted octanol–water partition coefficient (Wildman–Crippen LogP) is -0.140. The van der Waals surface area contributed by atoms with Crippen molar-refractivity contribution in [3.63, 3.8) is 0 Å². The first-order chi connectivity index (χ1) is 9.92. The van der Waals surface area contributed by atoms with Gasteiger partial charge in [0.2, 0.25) is 10.0 Å². The number of rotatable bonds is 7. The molecule has 0 aromatic rings. The van der Waals surface area contributed by atoms with Crippen LogP contribution in [-0.2, 0) is 14.8 Å². The summed E-state index contributed by atoms with van der Waals surface area (Å²) in [5.41, 5.74) is 0. The van der Waals surface area contributed by atoms with Crippen molar-refractivity contribution < 1.29 is 13.2 Å². The van der Waals surface area contributed by atoms with Gasteiger partial charge in [-0.15, -0.1) is 0 Å². The molecule has 1 aliphatic heterocycles.